The molecule has 0 aliphatic carbocycles. The highest BCUT2D eigenvalue weighted by Crippen LogP contribution is 2.31. The fourth-order valence-electron chi connectivity index (χ4n) is 1.64. The van der Waals surface area contributed by atoms with Gasteiger partial charge in [0.15, 0.2) is 0 Å². The number of thiazole rings is 1. The molecule has 2 heterocycles. The maximum absolute atomic E-state index is 13.0. The summed E-state index contributed by atoms with van der Waals surface area (Å²) in [5, 5.41) is 1.50. The SMILES string of the molecule is CC.CC(C)C.Cc1ccc(-c2nc3ccc(F)nc3s2)cc1Cl. The molecule has 0 radical (unpaired) electrons. The Morgan fingerprint density at radius 2 is 1.67 bits per heavy atom. The normalized spacial score (nSPS) is 10.0. The van der Waals surface area contributed by atoms with E-state index in [9.17, 15) is 4.39 Å². The molecule has 0 saturated carbocycles. The highest BCUT2D eigenvalue weighted by atomic mass is 35.5. The van der Waals surface area contributed by atoms with E-state index < -0.39 is 5.95 Å². The second-order valence-electron chi connectivity index (χ2n) is 5.67. The Morgan fingerprint density at radius 3 is 2.25 bits per heavy atom. The summed E-state index contributed by atoms with van der Waals surface area (Å²) in [4.78, 5) is 8.84. The number of nitrogens with zero attached hydrogens (tertiary/aromatic N) is 2. The van der Waals surface area contributed by atoms with Crippen molar-refractivity contribution >= 4 is 33.3 Å². The topological polar surface area (TPSA) is 25.8 Å². The van der Waals surface area contributed by atoms with Crippen molar-refractivity contribution in [3.63, 3.8) is 0 Å². The molecule has 5 heteroatoms. The van der Waals surface area contributed by atoms with Crippen LogP contribution >= 0.6 is 22.9 Å². The van der Waals surface area contributed by atoms with Crippen molar-refractivity contribution in [1.29, 1.82) is 0 Å². The number of aromatic nitrogens is 2. The van der Waals surface area contributed by atoms with Crippen LogP contribution in [0.15, 0.2) is 30.3 Å². The van der Waals surface area contributed by atoms with Gasteiger partial charge in [-0.15, -0.1) is 0 Å². The first-order chi connectivity index (χ1) is 11.4. The number of hydrogen-bond acceptors (Lipinski definition) is 3. The largest absolute Gasteiger partial charge is 0.234 e. The Morgan fingerprint density at radius 1 is 1.04 bits per heavy atom. The van der Waals surface area contributed by atoms with Gasteiger partial charge < -0.3 is 0 Å². The van der Waals surface area contributed by atoms with Gasteiger partial charge in [0.25, 0.3) is 0 Å². The van der Waals surface area contributed by atoms with E-state index in [2.05, 4.69) is 30.7 Å². The van der Waals surface area contributed by atoms with Crippen molar-refractivity contribution in [2.45, 2.75) is 41.5 Å². The van der Waals surface area contributed by atoms with Gasteiger partial charge in [-0.25, -0.2) is 9.97 Å². The number of hydrogen-bond donors (Lipinski definition) is 0. The first-order valence-corrected chi connectivity index (χ1v) is 9.26. The number of aryl methyl sites for hydroxylation is 1. The van der Waals surface area contributed by atoms with Crippen molar-refractivity contribution in [2.75, 3.05) is 0 Å². The molecule has 0 aliphatic heterocycles. The van der Waals surface area contributed by atoms with Crippen LogP contribution in [-0.2, 0) is 0 Å². The molecule has 0 saturated heterocycles. The molecule has 3 aromatic rings. The molecular formula is C19H24ClFN2S. The number of fused-ring (bicyclic) bond motifs is 1. The zero-order valence-electron chi connectivity index (χ0n) is 15.0. The predicted octanol–water partition coefficient (Wildman–Crippen LogP) is 7.15. The summed E-state index contributed by atoms with van der Waals surface area (Å²) in [6.07, 6.45) is 0. The van der Waals surface area contributed by atoms with Gasteiger partial charge in [-0.1, -0.05) is 69.7 Å². The molecule has 0 unspecified atom stereocenters. The summed E-state index contributed by atoms with van der Waals surface area (Å²) in [6.45, 7) is 12.4. The van der Waals surface area contributed by atoms with Gasteiger partial charge in [0.05, 0.1) is 0 Å². The van der Waals surface area contributed by atoms with Gasteiger partial charge in [0, 0.05) is 10.6 Å². The average Bonchev–Trinajstić information content (AvgIpc) is 2.94. The lowest BCUT2D eigenvalue weighted by Crippen LogP contribution is -1.80. The zero-order valence-corrected chi connectivity index (χ0v) is 16.6. The first kappa shape index (κ1) is 20.5. The summed E-state index contributed by atoms with van der Waals surface area (Å²) in [6, 6.07) is 8.71. The Labute approximate surface area is 152 Å². The molecule has 3 rings (SSSR count). The zero-order chi connectivity index (χ0) is 18.3. The van der Waals surface area contributed by atoms with Gasteiger partial charge in [0.2, 0.25) is 5.95 Å². The minimum absolute atomic E-state index is 0.486. The summed E-state index contributed by atoms with van der Waals surface area (Å²) >= 11 is 7.45. The van der Waals surface area contributed by atoms with E-state index in [4.69, 9.17) is 11.6 Å². The van der Waals surface area contributed by atoms with E-state index >= 15 is 0 Å². The maximum Gasteiger partial charge on any atom is 0.214 e. The summed E-state index contributed by atoms with van der Waals surface area (Å²) in [5.74, 6) is 0.347. The smallest absolute Gasteiger partial charge is 0.214 e. The molecule has 24 heavy (non-hydrogen) atoms. The number of benzene rings is 1. The molecule has 0 fully saturated rings. The Hall–Kier alpha value is -1.52. The monoisotopic (exact) mass is 366 g/mol. The average molecular weight is 367 g/mol. The second-order valence-corrected chi connectivity index (χ2v) is 7.06. The minimum Gasteiger partial charge on any atom is -0.234 e. The Kier molecular flexibility index (Phi) is 8.29. The van der Waals surface area contributed by atoms with Crippen molar-refractivity contribution in [3.05, 3.63) is 46.9 Å². The Balaban J connectivity index is 0.000000423. The van der Waals surface area contributed by atoms with Crippen molar-refractivity contribution in [1.82, 2.24) is 9.97 Å². The Bertz CT molecular complexity index is 781. The van der Waals surface area contributed by atoms with E-state index in [1.165, 1.54) is 17.4 Å². The lowest BCUT2D eigenvalue weighted by atomic mass is 10.1. The number of pyridine rings is 1. The third-order valence-corrected chi connectivity index (χ3v) is 4.06. The van der Waals surface area contributed by atoms with E-state index in [0.29, 0.717) is 15.4 Å². The van der Waals surface area contributed by atoms with Crippen molar-refractivity contribution in [3.8, 4) is 10.6 Å². The second kappa shape index (κ2) is 9.70. The van der Waals surface area contributed by atoms with Crippen LogP contribution in [0.4, 0.5) is 4.39 Å². The molecule has 2 aromatic heterocycles. The van der Waals surface area contributed by atoms with Crippen LogP contribution < -0.4 is 0 Å². The first-order valence-electron chi connectivity index (χ1n) is 8.06. The third-order valence-electron chi connectivity index (χ3n) is 2.64. The molecule has 0 N–H and O–H groups in total. The molecule has 0 bridgehead atoms. The van der Waals surface area contributed by atoms with Crippen molar-refractivity contribution in [2.24, 2.45) is 5.92 Å². The summed E-state index contributed by atoms with van der Waals surface area (Å²) < 4.78 is 13.0. The highest BCUT2D eigenvalue weighted by molar-refractivity contribution is 7.21. The van der Waals surface area contributed by atoms with E-state index in [1.807, 2.05) is 39.0 Å². The minimum atomic E-state index is -0.486. The van der Waals surface area contributed by atoms with Gasteiger partial charge >= 0.3 is 0 Å². The lowest BCUT2D eigenvalue weighted by Gasteiger charge is -1.99. The van der Waals surface area contributed by atoms with Crippen LogP contribution in [0.5, 0.6) is 0 Å². The molecule has 0 spiro atoms. The highest BCUT2D eigenvalue weighted by Gasteiger charge is 2.09. The maximum atomic E-state index is 13.0. The molecule has 0 amide bonds. The van der Waals surface area contributed by atoms with Crippen LogP contribution in [0.2, 0.25) is 5.02 Å². The molecular weight excluding hydrogens is 343 g/mol. The van der Waals surface area contributed by atoms with Gasteiger partial charge in [-0.3, -0.25) is 0 Å². The van der Waals surface area contributed by atoms with Crippen LogP contribution in [0, 0.1) is 18.8 Å². The number of halogens is 2. The molecule has 2 nitrogen and oxygen atoms in total. The molecule has 0 atom stereocenters. The van der Waals surface area contributed by atoms with Crippen LogP contribution in [0.25, 0.3) is 20.9 Å². The van der Waals surface area contributed by atoms with E-state index in [0.717, 1.165) is 22.1 Å². The predicted molar refractivity (Wildman–Crippen MR) is 104 cm³/mol. The van der Waals surface area contributed by atoms with Crippen LogP contribution in [0.1, 0.15) is 40.2 Å². The summed E-state index contributed by atoms with van der Waals surface area (Å²) in [7, 11) is 0. The standard InChI is InChI=1S/C13H8ClFN2S.C4H10.C2H6/c1-7-2-3-8(6-9(7)14)12-16-10-4-5-11(15)17-13(10)18-12;1-4(2)3;1-2/h2-6H,1H3;4H,1-3H3;1-2H3. The molecule has 0 aliphatic rings. The fraction of sp³-hybridized carbons (Fsp3) is 0.368. The quantitative estimate of drug-likeness (QED) is 0.427. The molecule has 1 aromatic carbocycles. The fourth-order valence-corrected chi connectivity index (χ4v) is 2.75. The molecule has 130 valence electrons. The van der Waals surface area contributed by atoms with Gasteiger partial charge in [-0.2, -0.15) is 4.39 Å². The lowest BCUT2D eigenvalue weighted by molar-refractivity contribution is 0.589. The van der Waals surface area contributed by atoms with Crippen LogP contribution in [0.3, 0.4) is 0 Å². The van der Waals surface area contributed by atoms with E-state index in [-0.39, 0.29) is 0 Å². The third kappa shape index (κ3) is 5.84. The van der Waals surface area contributed by atoms with Gasteiger partial charge in [-0.05, 0) is 36.6 Å². The summed E-state index contributed by atoms with van der Waals surface area (Å²) in [5.41, 5.74) is 2.65. The van der Waals surface area contributed by atoms with Gasteiger partial charge in [0.1, 0.15) is 15.4 Å². The van der Waals surface area contributed by atoms with Crippen LogP contribution in [-0.4, -0.2) is 9.97 Å². The number of rotatable bonds is 1. The van der Waals surface area contributed by atoms with E-state index in [1.54, 1.807) is 6.07 Å². The van der Waals surface area contributed by atoms with Crippen molar-refractivity contribution < 1.29 is 4.39 Å².